The van der Waals surface area contributed by atoms with Gasteiger partial charge in [0.15, 0.2) is 4.80 Å². The van der Waals surface area contributed by atoms with Crippen LogP contribution in [-0.2, 0) is 9.53 Å². The number of hydrogen-bond donors (Lipinski definition) is 0. The molecule has 0 spiro atoms. The lowest BCUT2D eigenvalue weighted by atomic mass is 9.93. The smallest absolute Gasteiger partial charge is 0.338 e. The lowest BCUT2D eigenvalue weighted by molar-refractivity contribution is -0.139. The van der Waals surface area contributed by atoms with E-state index in [0.29, 0.717) is 49.1 Å². The number of benzene rings is 2. The van der Waals surface area contributed by atoms with Crippen molar-refractivity contribution >= 4 is 40.7 Å². The molecule has 3 aromatic rings. The third-order valence-electron chi connectivity index (χ3n) is 7.01. The summed E-state index contributed by atoms with van der Waals surface area (Å²) in [7, 11) is 3.17. The molecule has 0 N–H and O–H groups in total. The minimum atomic E-state index is -0.824. The first-order chi connectivity index (χ1) is 19.8. The number of allylic oxidation sites excluding steroid dienone is 1. The number of esters is 1. The number of anilines is 1. The molecule has 218 valence electrons. The second-order valence-corrected chi connectivity index (χ2v) is 10.8. The monoisotopic (exact) mass is 597 g/mol. The van der Waals surface area contributed by atoms with Crippen LogP contribution >= 0.6 is 22.9 Å². The van der Waals surface area contributed by atoms with E-state index < -0.39 is 12.0 Å². The number of halogens is 1. The lowest BCUT2D eigenvalue weighted by Gasteiger charge is -2.27. The van der Waals surface area contributed by atoms with E-state index in [9.17, 15) is 9.59 Å². The van der Waals surface area contributed by atoms with Crippen molar-refractivity contribution in [2.24, 2.45) is 4.99 Å². The highest BCUT2D eigenvalue weighted by Crippen LogP contribution is 2.38. The molecule has 10 heteroatoms. The van der Waals surface area contributed by atoms with Gasteiger partial charge < -0.3 is 19.1 Å². The number of thiazole rings is 1. The Labute approximate surface area is 249 Å². The van der Waals surface area contributed by atoms with E-state index in [1.807, 2.05) is 31.2 Å². The number of rotatable bonds is 11. The van der Waals surface area contributed by atoms with E-state index in [-0.39, 0.29) is 12.2 Å². The van der Waals surface area contributed by atoms with Crippen LogP contribution in [0.1, 0.15) is 57.7 Å². The summed E-state index contributed by atoms with van der Waals surface area (Å²) in [6.07, 6.45) is 3.11. The Morgan fingerprint density at radius 3 is 2.44 bits per heavy atom. The highest BCUT2D eigenvalue weighted by atomic mass is 35.5. The number of nitrogens with zero attached hydrogens (tertiary/aromatic N) is 3. The highest BCUT2D eigenvalue weighted by Gasteiger charge is 2.36. The third kappa shape index (κ3) is 6.06. The number of hydrogen-bond acceptors (Lipinski definition) is 8. The summed E-state index contributed by atoms with van der Waals surface area (Å²) in [5.74, 6) is 0.643. The summed E-state index contributed by atoms with van der Waals surface area (Å²) >= 11 is 7.70. The number of carbonyl (C=O) groups is 1. The van der Waals surface area contributed by atoms with Crippen molar-refractivity contribution in [2.75, 3.05) is 38.8 Å². The van der Waals surface area contributed by atoms with E-state index in [2.05, 4.69) is 18.7 Å². The molecule has 0 saturated heterocycles. The molecule has 4 rings (SSSR count). The first-order valence-corrected chi connectivity index (χ1v) is 15.0. The standard InChI is InChI=1S/C31H36ClN3O5S/c1-7-11-23-27(30(37)40-10-4)28(22-17-20(32)13-15-24(22)38-5)35-29(36)26(41-31(35)33-23)16-19-12-14-21(18-25(19)39-6)34(8-2)9-3/h12-18,28H,7-11H2,1-6H3/b26-16+/t28-/m0/s1. The molecule has 2 heterocycles. The number of ether oxygens (including phenoxy) is 3. The summed E-state index contributed by atoms with van der Waals surface area (Å²) < 4.78 is 18.9. The fraction of sp³-hybridized carbons (Fsp3) is 0.387. The van der Waals surface area contributed by atoms with E-state index in [1.54, 1.807) is 43.9 Å². The predicted molar refractivity (Wildman–Crippen MR) is 164 cm³/mol. The van der Waals surface area contributed by atoms with Crippen LogP contribution in [0.3, 0.4) is 0 Å². The lowest BCUT2D eigenvalue weighted by Crippen LogP contribution is -2.40. The Bertz CT molecular complexity index is 1640. The van der Waals surface area contributed by atoms with Crippen molar-refractivity contribution in [1.82, 2.24) is 4.57 Å². The number of aromatic nitrogens is 1. The number of carbonyl (C=O) groups excluding carboxylic acids is 1. The van der Waals surface area contributed by atoms with Gasteiger partial charge in [0, 0.05) is 41.0 Å². The quantitative estimate of drug-likeness (QED) is 0.286. The molecule has 2 aromatic carbocycles. The Balaban J connectivity index is 2.00. The zero-order chi connectivity index (χ0) is 29.7. The molecule has 0 aliphatic carbocycles. The minimum absolute atomic E-state index is 0.189. The summed E-state index contributed by atoms with van der Waals surface area (Å²) in [6.45, 7) is 9.90. The fourth-order valence-corrected chi connectivity index (χ4v) is 6.27. The normalized spacial score (nSPS) is 14.9. The molecule has 0 bridgehead atoms. The average Bonchev–Trinajstić information content (AvgIpc) is 3.28. The molecule has 0 saturated carbocycles. The van der Waals surface area contributed by atoms with E-state index in [4.69, 9.17) is 30.8 Å². The van der Waals surface area contributed by atoms with E-state index in [1.165, 1.54) is 11.3 Å². The van der Waals surface area contributed by atoms with Crippen LogP contribution < -0.4 is 29.3 Å². The van der Waals surface area contributed by atoms with Crippen LogP contribution in [0.4, 0.5) is 5.69 Å². The summed E-state index contributed by atoms with van der Waals surface area (Å²) in [4.78, 5) is 35.1. The van der Waals surface area contributed by atoms with Gasteiger partial charge in [-0.1, -0.05) is 36.3 Å². The average molecular weight is 598 g/mol. The van der Waals surface area contributed by atoms with Crippen LogP contribution in [0.5, 0.6) is 11.5 Å². The molecule has 0 radical (unpaired) electrons. The fourth-order valence-electron chi connectivity index (χ4n) is 5.08. The van der Waals surface area contributed by atoms with Crippen molar-refractivity contribution in [3.8, 4) is 11.5 Å². The van der Waals surface area contributed by atoms with Crippen LogP contribution in [0.25, 0.3) is 6.08 Å². The second kappa shape index (κ2) is 13.4. The molecule has 0 fully saturated rings. The molecule has 1 aromatic heterocycles. The number of fused-ring (bicyclic) bond motifs is 1. The van der Waals surface area contributed by atoms with Crippen LogP contribution in [0.2, 0.25) is 5.02 Å². The van der Waals surface area contributed by atoms with Crippen molar-refractivity contribution in [3.05, 3.63) is 83.5 Å². The first kappa shape index (κ1) is 30.4. The van der Waals surface area contributed by atoms with Gasteiger partial charge in [-0.15, -0.1) is 0 Å². The zero-order valence-electron chi connectivity index (χ0n) is 24.3. The van der Waals surface area contributed by atoms with Gasteiger partial charge in [0.25, 0.3) is 5.56 Å². The van der Waals surface area contributed by atoms with Crippen LogP contribution in [0, 0.1) is 0 Å². The Hall–Kier alpha value is -3.56. The van der Waals surface area contributed by atoms with Gasteiger partial charge in [-0.25, -0.2) is 9.79 Å². The molecule has 1 atom stereocenters. The maximum absolute atomic E-state index is 14.1. The molecular weight excluding hydrogens is 562 g/mol. The SMILES string of the molecule is CCCC1=C(C(=O)OCC)[C@H](c2cc(Cl)ccc2OC)n2c(s/c(=C/c3ccc(N(CC)CC)cc3OC)c2=O)=N1. The summed E-state index contributed by atoms with van der Waals surface area (Å²) in [6, 6.07) is 10.3. The molecule has 8 nitrogen and oxygen atoms in total. The molecule has 41 heavy (non-hydrogen) atoms. The van der Waals surface area contributed by atoms with Gasteiger partial charge in [-0.3, -0.25) is 9.36 Å². The van der Waals surface area contributed by atoms with Crippen LogP contribution in [-0.4, -0.2) is 44.5 Å². The van der Waals surface area contributed by atoms with Gasteiger partial charge >= 0.3 is 5.97 Å². The largest absolute Gasteiger partial charge is 0.496 e. The number of methoxy groups -OCH3 is 2. The van der Waals surface area contributed by atoms with E-state index >= 15 is 0 Å². The zero-order valence-corrected chi connectivity index (χ0v) is 25.9. The highest BCUT2D eigenvalue weighted by molar-refractivity contribution is 7.07. The van der Waals surface area contributed by atoms with Gasteiger partial charge in [0.05, 0.1) is 36.6 Å². The topological polar surface area (TPSA) is 82.4 Å². The van der Waals surface area contributed by atoms with Crippen molar-refractivity contribution in [1.29, 1.82) is 0 Å². The summed E-state index contributed by atoms with van der Waals surface area (Å²) in [5, 5.41) is 0.457. The Kier molecular flexibility index (Phi) is 9.94. The first-order valence-electron chi connectivity index (χ1n) is 13.8. The molecule has 0 unspecified atom stereocenters. The van der Waals surface area contributed by atoms with Gasteiger partial charge in [-0.05, 0) is 63.6 Å². The Morgan fingerprint density at radius 2 is 1.80 bits per heavy atom. The molecular formula is C31H36ClN3O5S. The molecule has 1 aliphatic heterocycles. The predicted octanol–water partition coefficient (Wildman–Crippen LogP) is 5.10. The van der Waals surface area contributed by atoms with Crippen molar-refractivity contribution < 1.29 is 19.0 Å². The van der Waals surface area contributed by atoms with Gasteiger partial charge in [0.2, 0.25) is 0 Å². The molecule has 1 aliphatic rings. The maximum atomic E-state index is 14.1. The maximum Gasteiger partial charge on any atom is 0.338 e. The van der Waals surface area contributed by atoms with E-state index in [0.717, 1.165) is 30.8 Å². The van der Waals surface area contributed by atoms with Crippen molar-refractivity contribution in [3.63, 3.8) is 0 Å². The molecule has 0 amide bonds. The van der Waals surface area contributed by atoms with Gasteiger partial charge in [0.1, 0.15) is 17.5 Å². The third-order valence-corrected chi connectivity index (χ3v) is 8.23. The van der Waals surface area contributed by atoms with Gasteiger partial charge in [-0.2, -0.15) is 0 Å². The van der Waals surface area contributed by atoms with Crippen LogP contribution in [0.15, 0.2) is 57.5 Å². The Morgan fingerprint density at radius 1 is 1.07 bits per heavy atom. The summed E-state index contributed by atoms with van der Waals surface area (Å²) in [5.41, 5.74) is 3.01. The van der Waals surface area contributed by atoms with Crippen molar-refractivity contribution in [2.45, 2.75) is 46.6 Å². The minimum Gasteiger partial charge on any atom is -0.496 e. The second-order valence-electron chi connectivity index (χ2n) is 9.40.